The summed E-state index contributed by atoms with van der Waals surface area (Å²) in [6, 6.07) is 2.53. The molecular weight excluding hydrogens is 567 g/mol. The van der Waals surface area contributed by atoms with Crippen LogP contribution in [0.2, 0.25) is 0 Å². The Morgan fingerprint density at radius 3 is 1.93 bits per heavy atom. The SMILES string of the molecule is CN(C)CCCCN(C)S(=O)(=O)c1cc(Br)c(OC(=O)C(=O)O)c(Br)c1.Cl.Cl. The molecule has 0 spiro atoms. The van der Waals surface area contributed by atoms with Gasteiger partial charge in [-0.2, -0.15) is 0 Å². The maximum absolute atomic E-state index is 12.7. The third-order valence-electron chi connectivity index (χ3n) is 3.38. The van der Waals surface area contributed by atoms with Crippen molar-refractivity contribution in [2.24, 2.45) is 0 Å². The van der Waals surface area contributed by atoms with Gasteiger partial charge in [0.05, 0.1) is 13.8 Å². The van der Waals surface area contributed by atoms with Crippen LogP contribution in [-0.4, -0.2) is 68.9 Å². The number of carboxylic acids is 1. The highest BCUT2D eigenvalue weighted by molar-refractivity contribution is 9.11. The Bertz CT molecular complexity index is 770. The summed E-state index contributed by atoms with van der Waals surface area (Å²) in [5.41, 5.74) is 0. The quantitative estimate of drug-likeness (QED) is 0.215. The Morgan fingerprint density at radius 1 is 1.04 bits per heavy atom. The van der Waals surface area contributed by atoms with Gasteiger partial charge in [-0.25, -0.2) is 22.3 Å². The Balaban J connectivity index is 0. The number of halogens is 4. The molecule has 0 atom stereocenters. The first kappa shape index (κ1) is 29.8. The van der Waals surface area contributed by atoms with E-state index in [1.54, 1.807) is 0 Å². The van der Waals surface area contributed by atoms with E-state index in [1.165, 1.54) is 23.5 Å². The topological polar surface area (TPSA) is 104 Å². The molecule has 1 N–H and O–H groups in total. The van der Waals surface area contributed by atoms with Gasteiger partial charge in [0.25, 0.3) is 0 Å². The third kappa shape index (κ3) is 8.52. The van der Waals surface area contributed by atoms with E-state index in [2.05, 4.69) is 31.9 Å². The Hall–Kier alpha value is -0.430. The number of nitrogens with zero attached hydrogens (tertiary/aromatic N) is 2. The highest BCUT2D eigenvalue weighted by Gasteiger charge is 2.25. The molecule has 1 rings (SSSR count). The fourth-order valence-corrected chi connectivity index (χ4v) is 4.90. The van der Waals surface area contributed by atoms with Crippen LogP contribution < -0.4 is 4.74 Å². The predicted octanol–water partition coefficient (Wildman–Crippen LogP) is 3.01. The first-order valence-electron chi connectivity index (χ1n) is 7.52. The molecule has 162 valence electrons. The lowest BCUT2D eigenvalue weighted by Crippen LogP contribution is -2.28. The van der Waals surface area contributed by atoms with Gasteiger partial charge in [-0.05, 0) is 77.5 Å². The van der Waals surface area contributed by atoms with Crippen LogP contribution in [0.4, 0.5) is 0 Å². The molecule has 0 radical (unpaired) electrons. The van der Waals surface area contributed by atoms with Crippen molar-refractivity contribution in [2.75, 3.05) is 34.2 Å². The third-order valence-corrected chi connectivity index (χ3v) is 6.39. The van der Waals surface area contributed by atoms with Crippen LogP contribution in [0.5, 0.6) is 5.75 Å². The van der Waals surface area contributed by atoms with Crippen molar-refractivity contribution in [1.82, 2.24) is 9.21 Å². The van der Waals surface area contributed by atoms with Crippen LogP contribution in [-0.2, 0) is 19.6 Å². The second-order valence-corrected chi connectivity index (χ2v) is 9.50. The standard InChI is InChI=1S/C15H20Br2N2O6S.2ClH/c1-18(2)6-4-5-7-19(3)26(23,24)10-8-11(16)13(12(17)9-10)25-15(22)14(20)21;;/h8-9H,4-7H2,1-3H3,(H,20,21);2*1H. The minimum Gasteiger partial charge on any atom is -0.473 e. The minimum atomic E-state index is -3.74. The van der Waals surface area contributed by atoms with Gasteiger partial charge in [0.15, 0.2) is 5.75 Å². The summed E-state index contributed by atoms with van der Waals surface area (Å²) in [4.78, 5) is 23.8. The summed E-state index contributed by atoms with van der Waals surface area (Å²) < 4.78 is 31.6. The number of carbonyl (C=O) groups is 2. The average molecular weight is 589 g/mol. The van der Waals surface area contributed by atoms with E-state index in [0.717, 1.165) is 13.0 Å². The van der Waals surface area contributed by atoms with Gasteiger partial charge >= 0.3 is 11.9 Å². The summed E-state index contributed by atoms with van der Waals surface area (Å²) in [7, 11) is 1.65. The molecule has 0 saturated heterocycles. The number of rotatable bonds is 8. The Morgan fingerprint density at radius 2 is 1.50 bits per heavy atom. The van der Waals surface area contributed by atoms with Crippen molar-refractivity contribution in [1.29, 1.82) is 0 Å². The fourth-order valence-electron chi connectivity index (χ4n) is 1.98. The zero-order valence-electron chi connectivity index (χ0n) is 15.3. The molecule has 0 aliphatic rings. The average Bonchev–Trinajstić information content (AvgIpc) is 2.53. The Labute approximate surface area is 193 Å². The lowest BCUT2D eigenvalue weighted by atomic mass is 10.3. The number of carboxylic acid groups (broad SMARTS) is 1. The molecule has 0 heterocycles. The van der Waals surface area contributed by atoms with E-state index >= 15 is 0 Å². The van der Waals surface area contributed by atoms with Gasteiger partial charge in [0.1, 0.15) is 0 Å². The van der Waals surface area contributed by atoms with Crippen LogP contribution in [0.25, 0.3) is 0 Å². The van der Waals surface area contributed by atoms with Gasteiger partial charge in [-0.15, -0.1) is 24.8 Å². The second kappa shape index (κ2) is 13.0. The molecule has 8 nitrogen and oxygen atoms in total. The van der Waals surface area contributed by atoms with Crippen molar-refractivity contribution >= 4 is 78.6 Å². The van der Waals surface area contributed by atoms with Crippen molar-refractivity contribution in [3.63, 3.8) is 0 Å². The predicted molar refractivity (Wildman–Crippen MR) is 117 cm³/mol. The molecule has 0 fully saturated rings. The van der Waals surface area contributed by atoms with Gasteiger partial charge in [-0.3, -0.25) is 0 Å². The molecular formula is C15H22Br2Cl2N2O6S. The van der Waals surface area contributed by atoms with Crippen molar-refractivity contribution in [3.05, 3.63) is 21.1 Å². The van der Waals surface area contributed by atoms with E-state index in [0.29, 0.717) is 13.0 Å². The number of hydrogen-bond donors (Lipinski definition) is 1. The highest BCUT2D eigenvalue weighted by atomic mass is 79.9. The normalized spacial score (nSPS) is 11.0. The first-order chi connectivity index (χ1) is 12.0. The Kier molecular flexibility index (Phi) is 13.8. The number of benzene rings is 1. The molecule has 0 unspecified atom stereocenters. The van der Waals surface area contributed by atoms with E-state index in [-0.39, 0.29) is 44.4 Å². The number of hydrogen-bond acceptors (Lipinski definition) is 6. The van der Waals surface area contributed by atoms with Crippen LogP contribution in [0.1, 0.15) is 12.8 Å². The lowest BCUT2D eigenvalue weighted by Gasteiger charge is -2.19. The van der Waals surface area contributed by atoms with Gasteiger partial charge in [0, 0.05) is 13.6 Å². The van der Waals surface area contributed by atoms with Crippen molar-refractivity contribution in [2.45, 2.75) is 17.7 Å². The molecule has 0 amide bonds. The molecule has 0 saturated carbocycles. The molecule has 0 bridgehead atoms. The van der Waals surface area contributed by atoms with Gasteiger partial charge in [-0.1, -0.05) is 0 Å². The van der Waals surface area contributed by atoms with Crippen molar-refractivity contribution in [3.8, 4) is 5.75 Å². The van der Waals surface area contributed by atoms with E-state index in [4.69, 9.17) is 9.84 Å². The fraction of sp³-hybridized carbons (Fsp3) is 0.467. The monoisotopic (exact) mass is 586 g/mol. The van der Waals surface area contributed by atoms with E-state index in [9.17, 15) is 18.0 Å². The van der Waals surface area contributed by atoms with Crippen LogP contribution in [0.3, 0.4) is 0 Å². The van der Waals surface area contributed by atoms with E-state index < -0.39 is 22.0 Å². The minimum absolute atomic E-state index is 0. The summed E-state index contributed by atoms with van der Waals surface area (Å²) >= 11 is 6.22. The summed E-state index contributed by atoms with van der Waals surface area (Å²) in [5.74, 6) is -3.33. The number of aliphatic carboxylic acids is 1. The maximum atomic E-state index is 12.7. The van der Waals surface area contributed by atoms with E-state index in [1.807, 2.05) is 19.0 Å². The smallest absolute Gasteiger partial charge is 0.422 e. The molecule has 1 aromatic carbocycles. The zero-order valence-corrected chi connectivity index (χ0v) is 21.0. The molecule has 0 aliphatic heterocycles. The second-order valence-electron chi connectivity index (χ2n) is 5.75. The summed E-state index contributed by atoms with van der Waals surface area (Å²) in [6.45, 7) is 1.23. The van der Waals surface area contributed by atoms with Gasteiger partial charge in [0.2, 0.25) is 10.0 Å². The largest absolute Gasteiger partial charge is 0.473 e. The number of sulfonamides is 1. The van der Waals surface area contributed by atoms with Crippen LogP contribution in [0, 0.1) is 0 Å². The van der Waals surface area contributed by atoms with Crippen LogP contribution in [0.15, 0.2) is 26.0 Å². The number of ether oxygens (including phenoxy) is 1. The molecule has 28 heavy (non-hydrogen) atoms. The van der Waals surface area contributed by atoms with Crippen LogP contribution >= 0.6 is 56.7 Å². The summed E-state index contributed by atoms with van der Waals surface area (Å²) in [6.07, 6.45) is 1.58. The molecule has 0 aromatic heterocycles. The lowest BCUT2D eigenvalue weighted by molar-refractivity contribution is -0.158. The first-order valence-corrected chi connectivity index (χ1v) is 10.5. The summed E-state index contributed by atoms with van der Waals surface area (Å²) in [5, 5.41) is 8.61. The molecule has 1 aromatic rings. The number of carbonyl (C=O) groups excluding carboxylic acids is 1. The highest BCUT2D eigenvalue weighted by Crippen LogP contribution is 2.36. The number of esters is 1. The molecule has 13 heteroatoms. The molecule has 0 aliphatic carbocycles. The van der Waals surface area contributed by atoms with Gasteiger partial charge < -0.3 is 14.7 Å². The zero-order chi connectivity index (χ0) is 20.1. The van der Waals surface area contributed by atoms with Crippen molar-refractivity contribution < 1.29 is 27.9 Å². The maximum Gasteiger partial charge on any atom is 0.422 e. The number of unbranched alkanes of at least 4 members (excludes halogenated alkanes) is 1.